The van der Waals surface area contributed by atoms with Gasteiger partial charge < -0.3 is 25.3 Å². The van der Waals surface area contributed by atoms with Gasteiger partial charge in [0.2, 0.25) is 11.8 Å². The highest BCUT2D eigenvalue weighted by Gasteiger charge is 2.49. The number of nitriles is 1. The van der Waals surface area contributed by atoms with E-state index in [9.17, 15) is 19.6 Å². The van der Waals surface area contributed by atoms with Crippen LogP contribution in [0.1, 0.15) is 75.7 Å². The molecule has 10 heteroatoms. The molecule has 1 aromatic carbocycles. The Labute approximate surface area is 233 Å². The summed E-state index contributed by atoms with van der Waals surface area (Å²) in [5, 5.41) is 16.8. The zero-order valence-corrected chi connectivity index (χ0v) is 23.5. The summed E-state index contributed by atoms with van der Waals surface area (Å²) in [6.45, 7) is 4.38. The predicted molar refractivity (Wildman–Crippen MR) is 147 cm³/mol. The van der Waals surface area contributed by atoms with Gasteiger partial charge in [0, 0.05) is 23.4 Å². The first-order chi connectivity index (χ1) is 18.5. The first-order valence-corrected chi connectivity index (χ1v) is 14.1. The van der Waals surface area contributed by atoms with Crippen molar-refractivity contribution in [2.75, 3.05) is 13.7 Å². The van der Waals surface area contributed by atoms with E-state index in [1.165, 1.54) is 0 Å². The van der Waals surface area contributed by atoms with Crippen LogP contribution in [0, 0.1) is 22.7 Å². The van der Waals surface area contributed by atoms with E-state index in [1.54, 1.807) is 30.2 Å². The second-order valence-corrected chi connectivity index (χ2v) is 12.5. The molecule has 3 N–H and O–H groups in total. The number of rotatable bonds is 6. The molecule has 3 fully saturated rings. The molecule has 3 amide bonds. The Morgan fingerprint density at radius 1 is 1.26 bits per heavy atom. The Kier molecular flexibility index (Phi) is 7.27. The van der Waals surface area contributed by atoms with Gasteiger partial charge in [0.25, 0.3) is 5.91 Å². The second-order valence-electron chi connectivity index (χ2n) is 12.1. The number of methoxy groups -OCH3 is 1. The van der Waals surface area contributed by atoms with Crippen LogP contribution in [0.3, 0.4) is 0 Å². The third-order valence-corrected chi connectivity index (χ3v) is 9.04. The van der Waals surface area contributed by atoms with Crippen LogP contribution in [0.2, 0.25) is 5.02 Å². The van der Waals surface area contributed by atoms with Crippen molar-refractivity contribution >= 4 is 40.2 Å². The van der Waals surface area contributed by atoms with Crippen LogP contribution in [-0.4, -0.2) is 58.9 Å². The van der Waals surface area contributed by atoms with Crippen LogP contribution >= 0.6 is 11.6 Å². The summed E-state index contributed by atoms with van der Waals surface area (Å²) in [5.41, 5.74) is 0.492. The lowest BCUT2D eigenvalue weighted by molar-refractivity contribution is -0.126. The number of aromatic nitrogens is 1. The van der Waals surface area contributed by atoms with E-state index in [2.05, 4.69) is 21.7 Å². The maximum absolute atomic E-state index is 13.9. The van der Waals surface area contributed by atoms with Crippen LogP contribution in [0.15, 0.2) is 18.2 Å². The lowest BCUT2D eigenvalue weighted by Gasteiger charge is -2.32. The van der Waals surface area contributed by atoms with Crippen LogP contribution in [-0.2, 0) is 9.59 Å². The van der Waals surface area contributed by atoms with Crippen molar-refractivity contribution in [3.63, 3.8) is 0 Å². The first-order valence-electron chi connectivity index (χ1n) is 13.7. The molecule has 1 aliphatic carbocycles. The van der Waals surface area contributed by atoms with Gasteiger partial charge in [0.1, 0.15) is 23.5 Å². The molecule has 39 heavy (non-hydrogen) atoms. The van der Waals surface area contributed by atoms with Gasteiger partial charge in [-0.1, -0.05) is 30.9 Å². The molecule has 1 unspecified atom stereocenters. The maximum Gasteiger partial charge on any atom is 0.271 e. The Morgan fingerprint density at radius 2 is 2.00 bits per heavy atom. The minimum absolute atomic E-state index is 0.0961. The van der Waals surface area contributed by atoms with Crippen LogP contribution in [0.25, 0.3) is 10.9 Å². The number of hydrogen-bond acceptors (Lipinski definition) is 5. The quantitative estimate of drug-likeness (QED) is 0.491. The molecular formula is C29H36ClN5O4. The van der Waals surface area contributed by atoms with Gasteiger partial charge in [-0.3, -0.25) is 14.4 Å². The number of fused-ring (bicyclic) bond motifs is 1. The van der Waals surface area contributed by atoms with Crippen LogP contribution in [0.4, 0.5) is 0 Å². The minimum Gasteiger partial charge on any atom is -0.496 e. The molecule has 3 aliphatic rings. The van der Waals surface area contributed by atoms with E-state index in [4.69, 9.17) is 16.3 Å². The number of nitrogens with one attached hydrogen (secondary N) is 3. The normalized spacial score (nSPS) is 24.4. The lowest BCUT2D eigenvalue weighted by atomic mass is 9.72. The fourth-order valence-corrected chi connectivity index (χ4v) is 7.07. The number of ether oxygens (including phenoxy) is 1. The fraction of sp³-hybridized carbons (Fsp3) is 0.586. The standard InChI is InChI=1S/C29H36ClN5O4/c1-28(2)13-17(25(36)34-28)11-18(15-31)32-26(37)22-14-29(9-5-4-6-10-29)16-35(22)27(38)21-12-19-23(39-3)8-7-20(30)24(19)33-21/h7-8,12,17-18,22,33H,4-6,9-11,13-14,16H2,1-3H3,(H,32,37)(H,34,36)/t17-,18+,22?/m1/s1. The van der Waals surface area contributed by atoms with E-state index in [0.717, 1.165) is 32.1 Å². The van der Waals surface area contributed by atoms with E-state index < -0.39 is 12.1 Å². The van der Waals surface area contributed by atoms with Crippen molar-refractivity contribution in [3.8, 4) is 11.8 Å². The van der Waals surface area contributed by atoms with Gasteiger partial charge in [-0.25, -0.2) is 0 Å². The molecule has 0 radical (unpaired) electrons. The number of halogens is 1. The largest absolute Gasteiger partial charge is 0.496 e. The van der Waals surface area contributed by atoms with Gasteiger partial charge in [0.15, 0.2) is 0 Å². The fourth-order valence-electron chi connectivity index (χ4n) is 6.86. The molecule has 1 aromatic heterocycles. The molecule has 2 saturated heterocycles. The van der Waals surface area contributed by atoms with Gasteiger partial charge in [0.05, 0.1) is 23.7 Å². The number of amides is 3. The van der Waals surface area contributed by atoms with Gasteiger partial charge in [-0.2, -0.15) is 5.26 Å². The summed E-state index contributed by atoms with van der Waals surface area (Å²) in [6, 6.07) is 5.83. The van der Waals surface area contributed by atoms with Crippen molar-refractivity contribution in [1.29, 1.82) is 5.26 Å². The summed E-state index contributed by atoms with van der Waals surface area (Å²) in [5.74, 6) is -0.470. The Bertz CT molecular complexity index is 1340. The van der Waals surface area contributed by atoms with Crippen LogP contribution in [0.5, 0.6) is 5.75 Å². The van der Waals surface area contributed by atoms with Crippen molar-refractivity contribution < 1.29 is 19.1 Å². The topological polar surface area (TPSA) is 127 Å². The summed E-state index contributed by atoms with van der Waals surface area (Å²) in [6.07, 6.45) is 6.63. The Hall–Kier alpha value is -3.25. The summed E-state index contributed by atoms with van der Waals surface area (Å²) >= 11 is 6.40. The molecule has 3 heterocycles. The third kappa shape index (κ3) is 5.31. The highest BCUT2D eigenvalue weighted by atomic mass is 35.5. The molecule has 3 atom stereocenters. The number of nitrogens with zero attached hydrogens (tertiary/aromatic N) is 2. The number of H-pyrrole nitrogens is 1. The van der Waals surface area contributed by atoms with Gasteiger partial charge in [-0.15, -0.1) is 0 Å². The molecule has 208 valence electrons. The Balaban J connectivity index is 1.39. The number of hydrogen-bond donors (Lipinski definition) is 3. The number of likely N-dealkylation sites (tertiary alicyclic amines) is 1. The molecule has 2 aromatic rings. The van der Waals surface area contributed by atoms with Crippen LogP contribution < -0.4 is 15.4 Å². The van der Waals surface area contributed by atoms with Gasteiger partial charge in [-0.05, 0) is 69.6 Å². The van der Waals surface area contributed by atoms with E-state index >= 15 is 0 Å². The summed E-state index contributed by atoms with van der Waals surface area (Å²) in [4.78, 5) is 44.8. The predicted octanol–water partition coefficient (Wildman–Crippen LogP) is 4.31. The molecule has 9 nitrogen and oxygen atoms in total. The van der Waals surface area contributed by atoms with Crippen molar-refractivity contribution in [2.24, 2.45) is 11.3 Å². The highest BCUT2D eigenvalue weighted by molar-refractivity contribution is 6.35. The second kappa shape index (κ2) is 10.4. The van der Waals surface area contributed by atoms with Crippen molar-refractivity contribution in [1.82, 2.24) is 20.5 Å². The monoisotopic (exact) mass is 553 g/mol. The summed E-state index contributed by atoms with van der Waals surface area (Å²) in [7, 11) is 1.56. The molecule has 1 saturated carbocycles. The van der Waals surface area contributed by atoms with E-state index in [-0.39, 0.29) is 41.0 Å². The molecule has 5 rings (SSSR count). The number of carbonyl (C=O) groups excluding carboxylic acids is 3. The van der Waals surface area contributed by atoms with E-state index in [1.807, 2.05) is 13.8 Å². The maximum atomic E-state index is 13.9. The van der Waals surface area contributed by atoms with Crippen molar-refractivity contribution in [3.05, 3.63) is 28.9 Å². The zero-order chi connectivity index (χ0) is 27.9. The number of carbonyl (C=O) groups is 3. The average molecular weight is 554 g/mol. The highest BCUT2D eigenvalue weighted by Crippen LogP contribution is 2.47. The lowest BCUT2D eigenvalue weighted by Crippen LogP contribution is -2.49. The van der Waals surface area contributed by atoms with Gasteiger partial charge >= 0.3 is 0 Å². The SMILES string of the molecule is COc1ccc(Cl)c2[nH]c(C(=O)N3CC4(CCCCC4)CC3C(=O)N[C@H](C#N)C[C@@H]3CC(C)(C)NC3=O)cc12. The van der Waals surface area contributed by atoms with Crippen molar-refractivity contribution in [2.45, 2.75) is 82.8 Å². The molecule has 1 spiro atoms. The average Bonchev–Trinajstić information content (AvgIpc) is 3.58. The number of benzene rings is 1. The first kappa shape index (κ1) is 27.3. The summed E-state index contributed by atoms with van der Waals surface area (Å²) < 4.78 is 5.45. The zero-order valence-electron chi connectivity index (χ0n) is 22.7. The molecular weight excluding hydrogens is 518 g/mol. The molecule has 2 aliphatic heterocycles. The smallest absolute Gasteiger partial charge is 0.271 e. The number of aromatic amines is 1. The molecule has 0 bridgehead atoms. The Morgan fingerprint density at radius 3 is 2.64 bits per heavy atom. The van der Waals surface area contributed by atoms with E-state index in [0.29, 0.717) is 46.8 Å². The third-order valence-electron chi connectivity index (χ3n) is 8.72. The minimum atomic E-state index is -0.821.